The molecule has 1 saturated heterocycles. The molecule has 0 aromatic heterocycles. The molecule has 1 aromatic carbocycles. The molecule has 1 unspecified atom stereocenters. The number of amides is 1. The van der Waals surface area contributed by atoms with Gasteiger partial charge in [0.05, 0.1) is 5.56 Å². The van der Waals surface area contributed by atoms with Crippen molar-refractivity contribution in [1.82, 2.24) is 10.2 Å². The highest BCUT2D eigenvalue weighted by molar-refractivity contribution is 5.95. The summed E-state index contributed by atoms with van der Waals surface area (Å²) in [5.74, 6) is -0.912. The first-order chi connectivity index (χ1) is 8.47. The number of rotatable bonds is 2. The second-order valence-electron chi connectivity index (χ2n) is 4.91. The van der Waals surface area contributed by atoms with Gasteiger partial charge in [0.25, 0.3) is 5.91 Å². The second-order valence-corrected chi connectivity index (χ2v) is 4.91. The van der Waals surface area contributed by atoms with Gasteiger partial charge >= 0.3 is 0 Å². The van der Waals surface area contributed by atoms with Crippen molar-refractivity contribution in [3.63, 3.8) is 0 Å². The zero-order chi connectivity index (χ0) is 13.3. The maximum Gasteiger partial charge on any atom is 0.254 e. The number of nitrogen functional groups attached to an aromatic ring is 1. The number of hydrogen-bond acceptors (Lipinski definition) is 3. The smallest absolute Gasteiger partial charge is 0.254 e. The van der Waals surface area contributed by atoms with Crippen molar-refractivity contribution in [3.05, 3.63) is 29.1 Å². The lowest BCUT2D eigenvalue weighted by Gasteiger charge is -2.14. The summed E-state index contributed by atoms with van der Waals surface area (Å²) in [6.45, 7) is 3.46. The number of nitrogens with two attached hydrogens (primary N) is 1. The Morgan fingerprint density at radius 2 is 2.28 bits per heavy atom. The van der Waals surface area contributed by atoms with Crippen molar-refractivity contribution in [2.75, 3.05) is 25.9 Å². The van der Waals surface area contributed by atoms with E-state index < -0.39 is 5.82 Å². The summed E-state index contributed by atoms with van der Waals surface area (Å²) in [6.07, 6.45) is 0.894. The van der Waals surface area contributed by atoms with E-state index in [1.165, 1.54) is 12.1 Å². The molecule has 2 rings (SSSR count). The molecule has 98 valence electrons. The molecule has 1 aliphatic heterocycles. The first kappa shape index (κ1) is 12.8. The van der Waals surface area contributed by atoms with E-state index in [2.05, 4.69) is 10.2 Å². The van der Waals surface area contributed by atoms with Gasteiger partial charge in [-0.15, -0.1) is 0 Å². The van der Waals surface area contributed by atoms with Gasteiger partial charge in [0.2, 0.25) is 0 Å². The summed E-state index contributed by atoms with van der Waals surface area (Å²) in [6, 6.07) is 2.79. The fraction of sp³-hybridized carbons (Fsp3) is 0.462. The lowest BCUT2D eigenvalue weighted by Crippen LogP contribution is -2.37. The average Bonchev–Trinajstić information content (AvgIpc) is 2.69. The van der Waals surface area contributed by atoms with Crippen LogP contribution in [-0.4, -0.2) is 37.0 Å². The van der Waals surface area contributed by atoms with Gasteiger partial charge in [-0.2, -0.15) is 0 Å². The molecule has 1 atom stereocenters. The number of anilines is 1. The quantitative estimate of drug-likeness (QED) is 0.775. The lowest BCUT2D eigenvalue weighted by molar-refractivity contribution is 0.0934. The third-order valence-corrected chi connectivity index (χ3v) is 3.33. The summed E-state index contributed by atoms with van der Waals surface area (Å²) in [5, 5.41) is 2.84. The van der Waals surface area contributed by atoms with Gasteiger partial charge in [0, 0.05) is 18.3 Å². The average molecular weight is 251 g/mol. The predicted molar refractivity (Wildman–Crippen MR) is 68.9 cm³/mol. The highest BCUT2D eigenvalue weighted by Crippen LogP contribution is 2.17. The fourth-order valence-electron chi connectivity index (χ4n) is 2.18. The number of nitrogens with one attached hydrogen (secondary N) is 1. The SMILES string of the molecule is Cc1cc(F)c(C(=O)NC2CCN(C)C2)cc1N. The van der Waals surface area contributed by atoms with E-state index >= 15 is 0 Å². The van der Waals surface area contributed by atoms with Crippen LogP contribution in [0.25, 0.3) is 0 Å². The fourth-order valence-corrected chi connectivity index (χ4v) is 2.18. The molecule has 1 aromatic rings. The van der Waals surface area contributed by atoms with E-state index in [-0.39, 0.29) is 17.5 Å². The largest absolute Gasteiger partial charge is 0.398 e. The minimum atomic E-state index is -0.523. The Labute approximate surface area is 106 Å². The normalized spacial score (nSPS) is 20.1. The summed E-state index contributed by atoms with van der Waals surface area (Å²) in [5.41, 5.74) is 6.80. The van der Waals surface area contributed by atoms with Crippen LogP contribution in [0.15, 0.2) is 12.1 Å². The number of halogens is 1. The molecule has 1 aliphatic rings. The Morgan fingerprint density at radius 1 is 1.56 bits per heavy atom. The van der Waals surface area contributed by atoms with E-state index in [1.54, 1.807) is 6.92 Å². The molecule has 4 nitrogen and oxygen atoms in total. The second kappa shape index (κ2) is 4.94. The van der Waals surface area contributed by atoms with Crippen molar-refractivity contribution < 1.29 is 9.18 Å². The molecule has 0 aliphatic carbocycles. The maximum atomic E-state index is 13.7. The first-order valence-electron chi connectivity index (χ1n) is 6.02. The van der Waals surface area contributed by atoms with E-state index in [0.717, 1.165) is 19.5 Å². The van der Waals surface area contributed by atoms with E-state index in [4.69, 9.17) is 5.73 Å². The van der Waals surface area contributed by atoms with E-state index in [9.17, 15) is 9.18 Å². The molecular formula is C13H18FN3O. The number of carbonyl (C=O) groups is 1. The standard InChI is InChI=1S/C13H18FN3O/c1-8-5-11(14)10(6-12(8)15)13(18)16-9-3-4-17(2)7-9/h5-6,9H,3-4,7,15H2,1-2H3,(H,16,18). The number of likely N-dealkylation sites (N-methyl/N-ethyl adjacent to an activating group) is 1. The van der Waals surface area contributed by atoms with E-state index in [1.807, 2.05) is 7.05 Å². The van der Waals surface area contributed by atoms with Crippen molar-refractivity contribution in [2.24, 2.45) is 0 Å². The summed E-state index contributed by atoms with van der Waals surface area (Å²) < 4.78 is 13.7. The molecule has 0 spiro atoms. The molecule has 1 amide bonds. The topological polar surface area (TPSA) is 58.4 Å². The van der Waals surface area contributed by atoms with Crippen LogP contribution in [0.3, 0.4) is 0 Å². The first-order valence-corrected chi connectivity index (χ1v) is 6.02. The van der Waals surface area contributed by atoms with Crippen molar-refractivity contribution in [1.29, 1.82) is 0 Å². The van der Waals surface area contributed by atoms with E-state index in [0.29, 0.717) is 11.3 Å². The molecule has 3 N–H and O–H groups in total. The van der Waals surface area contributed by atoms with Gasteiger partial charge in [-0.1, -0.05) is 0 Å². The minimum Gasteiger partial charge on any atom is -0.398 e. The summed E-state index contributed by atoms with van der Waals surface area (Å²) in [7, 11) is 2.00. The Hall–Kier alpha value is -1.62. The Morgan fingerprint density at radius 3 is 2.89 bits per heavy atom. The number of benzene rings is 1. The van der Waals surface area contributed by atoms with Crippen LogP contribution >= 0.6 is 0 Å². The number of nitrogens with zero attached hydrogens (tertiary/aromatic N) is 1. The summed E-state index contributed by atoms with van der Waals surface area (Å²) >= 11 is 0. The minimum absolute atomic E-state index is 0.0210. The number of likely N-dealkylation sites (tertiary alicyclic amines) is 1. The Balaban J connectivity index is 2.11. The zero-order valence-corrected chi connectivity index (χ0v) is 10.7. The Bertz CT molecular complexity index is 476. The third kappa shape index (κ3) is 2.61. The van der Waals surface area contributed by atoms with Gasteiger partial charge in [-0.05, 0) is 44.6 Å². The summed E-state index contributed by atoms with van der Waals surface area (Å²) in [4.78, 5) is 14.1. The van der Waals surface area contributed by atoms with Gasteiger partial charge in [0.1, 0.15) is 5.82 Å². The molecular weight excluding hydrogens is 233 g/mol. The molecule has 5 heteroatoms. The van der Waals surface area contributed by atoms with Crippen LogP contribution in [0.1, 0.15) is 22.3 Å². The maximum absolute atomic E-state index is 13.7. The lowest BCUT2D eigenvalue weighted by atomic mass is 10.1. The number of aryl methyl sites for hydroxylation is 1. The molecule has 1 fully saturated rings. The molecule has 0 saturated carbocycles. The molecule has 18 heavy (non-hydrogen) atoms. The number of carbonyl (C=O) groups excluding carboxylic acids is 1. The van der Waals surface area contributed by atoms with Crippen LogP contribution in [0.2, 0.25) is 0 Å². The van der Waals surface area contributed by atoms with Crippen molar-refractivity contribution in [3.8, 4) is 0 Å². The van der Waals surface area contributed by atoms with Crippen molar-refractivity contribution >= 4 is 11.6 Å². The van der Waals surface area contributed by atoms with Crippen LogP contribution in [0.5, 0.6) is 0 Å². The number of hydrogen-bond donors (Lipinski definition) is 2. The van der Waals surface area contributed by atoms with Gasteiger partial charge in [-0.3, -0.25) is 4.79 Å². The molecule has 0 radical (unpaired) electrons. The van der Waals surface area contributed by atoms with Gasteiger partial charge in [-0.25, -0.2) is 4.39 Å². The van der Waals surface area contributed by atoms with Crippen molar-refractivity contribution in [2.45, 2.75) is 19.4 Å². The molecule has 1 heterocycles. The van der Waals surface area contributed by atoms with Crippen LogP contribution in [0.4, 0.5) is 10.1 Å². The van der Waals surface area contributed by atoms with Gasteiger partial charge < -0.3 is 16.0 Å². The highest BCUT2D eigenvalue weighted by atomic mass is 19.1. The van der Waals surface area contributed by atoms with Crippen LogP contribution in [-0.2, 0) is 0 Å². The Kier molecular flexibility index (Phi) is 3.52. The van der Waals surface area contributed by atoms with Crippen LogP contribution in [0, 0.1) is 12.7 Å². The predicted octanol–water partition coefficient (Wildman–Crippen LogP) is 1.15. The third-order valence-electron chi connectivity index (χ3n) is 3.33. The monoisotopic (exact) mass is 251 g/mol. The van der Waals surface area contributed by atoms with Gasteiger partial charge in [0.15, 0.2) is 0 Å². The van der Waals surface area contributed by atoms with Crippen LogP contribution < -0.4 is 11.1 Å². The molecule has 0 bridgehead atoms. The highest BCUT2D eigenvalue weighted by Gasteiger charge is 2.23. The zero-order valence-electron chi connectivity index (χ0n) is 10.7.